The van der Waals surface area contributed by atoms with E-state index in [2.05, 4.69) is 43.0 Å². The third-order valence-electron chi connectivity index (χ3n) is 7.27. The fourth-order valence-electron chi connectivity index (χ4n) is 5.56. The van der Waals surface area contributed by atoms with Crippen molar-refractivity contribution in [2.45, 2.75) is 70.6 Å². The molecule has 2 aliphatic rings. The van der Waals surface area contributed by atoms with Crippen LogP contribution >= 0.6 is 0 Å². The molecular formula is C28H33F. The van der Waals surface area contributed by atoms with Gasteiger partial charge < -0.3 is 0 Å². The molecule has 4 atom stereocenters. The van der Waals surface area contributed by atoms with E-state index in [0.29, 0.717) is 0 Å². The smallest absolute Gasteiger partial charge is 0.123 e. The fraction of sp³-hybridized carbons (Fsp3) is 0.500. The minimum absolute atomic E-state index is 0.218. The first-order valence-corrected chi connectivity index (χ1v) is 11.6. The maximum absolute atomic E-state index is 13.0. The molecule has 2 saturated carbocycles. The Morgan fingerprint density at radius 2 is 1.41 bits per heavy atom. The summed E-state index contributed by atoms with van der Waals surface area (Å²) >= 11 is 0. The molecule has 0 saturated heterocycles. The minimum atomic E-state index is -0.218. The van der Waals surface area contributed by atoms with Gasteiger partial charge in [-0.2, -0.15) is 0 Å². The van der Waals surface area contributed by atoms with Crippen LogP contribution in [0.15, 0.2) is 48.5 Å². The maximum Gasteiger partial charge on any atom is 0.123 e. The molecule has 0 nitrogen and oxygen atoms in total. The Morgan fingerprint density at radius 1 is 0.793 bits per heavy atom. The highest BCUT2D eigenvalue weighted by atomic mass is 19.1. The molecule has 2 aliphatic carbocycles. The van der Waals surface area contributed by atoms with E-state index < -0.39 is 0 Å². The van der Waals surface area contributed by atoms with E-state index in [-0.39, 0.29) is 5.82 Å². The summed E-state index contributed by atoms with van der Waals surface area (Å²) in [7, 11) is 0. The number of hydrogen-bond donors (Lipinski definition) is 0. The zero-order valence-corrected chi connectivity index (χ0v) is 17.7. The van der Waals surface area contributed by atoms with E-state index >= 15 is 0 Å². The molecule has 0 amide bonds. The molecular weight excluding hydrogens is 355 g/mol. The zero-order valence-electron chi connectivity index (χ0n) is 17.7. The van der Waals surface area contributed by atoms with Crippen LogP contribution in [0.25, 0.3) is 0 Å². The summed E-state index contributed by atoms with van der Waals surface area (Å²) in [6.07, 6.45) is 12.8. The van der Waals surface area contributed by atoms with Gasteiger partial charge in [-0.25, -0.2) is 4.39 Å². The lowest BCUT2D eigenvalue weighted by Gasteiger charge is -2.42. The van der Waals surface area contributed by atoms with Gasteiger partial charge in [-0.3, -0.25) is 0 Å². The topological polar surface area (TPSA) is 0 Å². The van der Waals surface area contributed by atoms with Crippen LogP contribution in [0.2, 0.25) is 0 Å². The molecule has 0 aliphatic heterocycles. The zero-order chi connectivity index (χ0) is 20.1. The van der Waals surface area contributed by atoms with E-state index in [1.54, 1.807) is 12.1 Å². The highest BCUT2D eigenvalue weighted by Gasteiger charge is 2.35. The van der Waals surface area contributed by atoms with Crippen LogP contribution in [0.5, 0.6) is 0 Å². The van der Waals surface area contributed by atoms with E-state index in [9.17, 15) is 4.39 Å². The molecule has 2 aromatic rings. The molecule has 2 fully saturated rings. The first kappa shape index (κ1) is 20.2. The quantitative estimate of drug-likeness (QED) is 0.470. The molecule has 1 unspecified atom stereocenters. The lowest BCUT2D eigenvalue weighted by molar-refractivity contribution is 0.113. The number of unbranched alkanes of at least 4 members (excludes halogenated alkanes) is 1. The normalized spacial score (nSPS) is 26.3. The Hall–Kier alpha value is -2.07. The number of rotatable bonds is 4. The van der Waals surface area contributed by atoms with Crippen LogP contribution < -0.4 is 0 Å². The average Bonchev–Trinajstić information content (AvgIpc) is 2.77. The van der Waals surface area contributed by atoms with Gasteiger partial charge in [0.15, 0.2) is 0 Å². The Morgan fingerprint density at radius 3 is 2.10 bits per heavy atom. The third-order valence-corrected chi connectivity index (χ3v) is 7.27. The van der Waals surface area contributed by atoms with Crippen molar-refractivity contribution in [3.63, 3.8) is 0 Å². The third kappa shape index (κ3) is 5.30. The summed E-state index contributed by atoms with van der Waals surface area (Å²) in [6, 6.07) is 15.2. The molecule has 1 heteroatoms. The molecule has 4 rings (SSSR count). The van der Waals surface area contributed by atoms with Gasteiger partial charge >= 0.3 is 0 Å². The van der Waals surface area contributed by atoms with Gasteiger partial charge in [0.25, 0.3) is 0 Å². The van der Waals surface area contributed by atoms with Crippen molar-refractivity contribution in [2.75, 3.05) is 0 Å². The Bertz CT molecular complexity index is 837. The number of fused-ring (bicyclic) bond motifs is 1. The van der Waals surface area contributed by atoms with Gasteiger partial charge in [-0.1, -0.05) is 56.6 Å². The van der Waals surface area contributed by atoms with Crippen molar-refractivity contribution in [1.82, 2.24) is 0 Å². The van der Waals surface area contributed by atoms with Gasteiger partial charge in [0.2, 0.25) is 0 Å². The highest BCUT2D eigenvalue weighted by Crippen LogP contribution is 2.48. The summed E-state index contributed by atoms with van der Waals surface area (Å²) < 4.78 is 13.0. The van der Waals surface area contributed by atoms with Gasteiger partial charge in [-0.05, 0) is 97.7 Å². The van der Waals surface area contributed by atoms with Crippen molar-refractivity contribution in [3.05, 3.63) is 71.0 Å². The van der Waals surface area contributed by atoms with Crippen molar-refractivity contribution >= 4 is 0 Å². The minimum Gasteiger partial charge on any atom is -0.207 e. The summed E-state index contributed by atoms with van der Waals surface area (Å²) in [5, 5.41) is 0. The molecule has 2 aromatic carbocycles. The molecule has 0 N–H and O–H groups in total. The predicted molar refractivity (Wildman–Crippen MR) is 119 cm³/mol. The lowest BCUT2D eigenvalue weighted by atomic mass is 9.63. The van der Waals surface area contributed by atoms with Gasteiger partial charge in [0.05, 0.1) is 0 Å². The van der Waals surface area contributed by atoms with Crippen LogP contribution in [0.3, 0.4) is 0 Å². The van der Waals surface area contributed by atoms with E-state index in [4.69, 9.17) is 0 Å². The van der Waals surface area contributed by atoms with Gasteiger partial charge in [-0.15, -0.1) is 0 Å². The maximum atomic E-state index is 13.0. The first-order chi connectivity index (χ1) is 14.2. The first-order valence-electron chi connectivity index (χ1n) is 11.6. The molecule has 0 heterocycles. The van der Waals surface area contributed by atoms with Crippen LogP contribution in [0.4, 0.5) is 4.39 Å². The molecule has 0 spiro atoms. The monoisotopic (exact) mass is 388 g/mol. The van der Waals surface area contributed by atoms with E-state index in [0.717, 1.165) is 34.8 Å². The Balaban J connectivity index is 1.34. The van der Waals surface area contributed by atoms with Crippen molar-refractivity contribution in [2.24, 2.45) is 17.8 Å². The van der Waals surface area contributed by atoms with Gasteiger partial charge in [0, 0.05) is 11.1 Å². The van der Waals surface area contributed by atoms with Crippen LogP contribution in [-0.2, 0) is 0 Å². The molecule has 0 aromatic heterocycles. The highest BCUT2D eigenvalue weighted by molar-refractivity contribution is 5.43. The summed E-state index contributed by atoms with van der Waals surface area (Å²) in [6.45, 7) is 2.32. The summed E-state index contributed by atoms with van der Waals surface area (Å²) in [5.74, 6) is 9.78. The Labute approximate surface area is 175 Å². The van der Waals surface area contributed by atoms with E-state index in [1.807, 2.05) is 0 Å². The molecule has 29 heavy (non-hydrogen) atoms. The second-order valence-electron chi connectivity index (χ2n) is 9.23. The second-order valence-corrected chi connectivity index (χ2v) is 9.23. The van der Waals surface area contributed by atoms with Crippen molar-refractivity contribution < 1.29 is 4.39 Å². The molecule has 0 bridgehead atoms. The SMILES string of the molecule is CCCCC1CC[C@@H]2C[C@H](c3ccc(C#Cc4ccc(F)cc4)cc3)CC[C@@H]2C1. The van der Waals surface area contributed by atoms with Gasteiger partial charge in [0.1, 0.15) is 5.82 Å². The van der Waals surface area contributed by atoms with Crippen LogP contribution in [0, 0.1) is 35.4 Å². The van der Waals surface area contributed by atoms with Crippen LogP contribution in [0.1, 0.15) is 87.3 Å². The fourth-order valence-corrected chi connectivity index (χ4v) is 5.56. The van der Waals surface area contributed by atoms with E-state index in [1.165, 1.54) is 75.5 Å². The second kappa shape index (κ2) is 9.62. The Kier molecular flexibility index (Phi) is 6.70. The standard InChI is InChI=1S/C28H33F/c1-2-3-4-23-9-14-27-20-26(16-15-25(27)19-23)24-12-7-21(8-13-24)5-6-22-10-17-28(29)18-11-22/h7-8,10-13,17-18,23,25-27H,2-4,9,14-16,19-20H2,1H3/t23?,25-,26-,27-/m1/s1. The largest absolute Gasteiger partial charge is 0.207 e. The summed E-state index contributed by atoms with van der Waals surface area (Å²) in [4.78, 5) is 0. The molecule has 152 valence electrons. The summed E-state index contributed by atoms with van der Waals surface area (Å²) in [5.41, 5.74) is 3.37. The molecule has 0 radical (unpaired) electrons. The predicted octanol–water partition coefficient (Wildman–Crippen LogP) is 7.72. The number of halogens is 1. The van der Waals surface area contributed by atoms with Crippen LogP contribution in [-0.4, -0.2) is 0 Å². The average molecular weight is 389 g/mol. The number of hydrogen-bond acceptors (Lipinski definition) is 0. The van der Waals surface area contributed by atoms with Crippen molar-refractivity contribution in [1.29, 1.82) is 0 Å². The lowest BCUT2D eigenvalue weighted by Crippen LogP contribution is -2.30. The number of benzene rings is 2. The van der Waals surface area contributed by atoms with Crippen molar-refractivity contribution in [3.8, 4) is 11.8 Å².